The Kier molecular flexibility index (Phi) is 10.9. The second-order valence-electron chi connectivity index (χ2n) is 9.33. The van der Waals surface area contributed by atoms with Crippen molar-refractivity contribution in [1.82, 2.24) is 10.2 Å². The van der Waals surface area contributed by atoms with Crippen LogP contribution in [0.1, 0.15) is 30.9 Å². The Morgan fingerprint density at radius 1 is 0.923 bits per heavy atom. The highest BCUT2D eigenvalue weighted by molar-refractivity contribution is 7.92. The zero-order valence-electron chi connectivity index (χ0n) is 22.7. The average molecular weight is 552 g/mol. The molecule has 0 heterocycles. The largest absolute Gasteiger partial charge is 0.497 e. The fraction of sp³-hybridized carbons (Fsp3) is 0.333. The molecule has 0 saturated heterocycles. The fourth-order valence-corrected chi connectivity index (χ4v) is 5.09. The van der Waals surface area contributed by atoms with Crippen LogP contribution in [0.15, 0.2) is 84.9 Å². The number of unbranched alkanes of at least 4 members (excludes halogenated alkanes) is 1. The molecule has 39 heavy (non-hydrogen) atoms. The number of carbonyl (C=O) groups is 2. The molecule has 8 nitrogen and oxygen atoms in total. The van der Waals surface area contributed by atoms with Crippen molar-refractivity contribution in [3.8, 4) is 5.75 Å². The summed E-state index contributed by atoms with van der Waals surface area (Å²) in [6, 6.07) is 24.4. The molecule has 1 N–H and O–H groups in total. The minimum Gasteiger partial charge on any atom is -0.497 e. The van der Waals surface area contributed by atoms with Crippen molar-refractivity contribution < 1.29 is 22.7 Å². The first-order valence-electron chi connectivity index (χ1n) is 13.0. The summed E-state index contributed by atoms with van der Waals surface area (Å²) in [6.45, 7) is 2.18. The van der Waals surface area contributed by atoms with Crippen LogP contribution in [0.2, 0.25) is 0 Å². The van der Waals surface area contributed by atoms with Gasteiger partial charge in [-0.3, -0.25) is 13.9 Å². The topological polar surface area (TPSA) is 96.0 Å². The summed E-state index contributed by atoms with van der Waals surface area (Å²) < 4.78 is 32.0. The van der Waals surface area contributed by atoms with E-state index in [1.807, 2.05) is 49.4 Å². The maximum Gasteiger partial charge on any atom is 0.244 e. The average Bonchev–Trinajstić information content (AvgIpc) is 2.94. The molecule has 3 aromatic carbocycles. The molecule has 0 aliphatic rings. The Morgan fingerprint density at radius 2 is 1.56 bits per heavy atom. The highest BCUT2D eigenvalue weighted by Gasteiger charge is 2.33. The Labute approximate surface area is 231 Å². The summed E-state index contributed by atoms with van der Waals surface area (Å²) in [4.78, 5) is 29.1. The van der Waals surface area contributed by atoms with Gasteiger partial charge in [-0.1, -0.05) is 74.0 Å². The molecule has 0 spiro atoms. The second kappa shape index (κ2) is 14.3. The van der Waals surface area contributed by atoms with Gasteiger partial charge < -0.3 is 15.0 Å². The standard InChI is InChI=1S/C30H37N3O5S/c1-4-5-19-31-30(35)28(21-24-13-8-6-9-14-24)32(22-25-15-12-18-27(20-25)38-2)29(34)23-33(39(3,36)37)26-16-10-7-11-17-26/h6-18,20,28H,4-5,19,21-23H2,1-3H3,(H,31,35)/t28-/m0/s1. The first-order valence-corrected chi connectivity index (χ1v) is 14.8. The molecule has 0 bridgehead atoms. The lowest BCUT2D eigenvalue weighted by atomic mass is 10.0. The van der Waals surface area contributed by atoms with Gasteiger partial charge in [0.25, 0.3) is 0 Å². The number of nitrogens with zero attached hydrogens (tertiary/aromatic N) is 2. The van der Waals surface area contributed by atoms with Gasteiger partial charge >= 0.3 is 0 Å². The van der Waals surface area contributed by atoms with Crippen LogP contribution in [0.3, 0.4) is 0 Å². The van der Waals surface area contributed by atoms with E-state index in [9.17, 15) is 18.0 Å². The number of carbonyl (C=O) groups excluding carboxylic acids is 2. The monoisotopic (exact) mass is 551 g/mol. The second-order valence-corrected chi connectivity index (χ2v) is 11.2. The molecule has 0 aliphatic carbocycles. The van der Waals surface area contributed by atoms with E-state index in [2.05, 4.69) is 5.32 Å². The molecule has 2 amide bonds. The number of anilines is 1. The fourth-order valence-electron chi connectivity index (χ4n) is 4.24. The minimum atomic E-state index is -3.79. The lowest BCUT2D eigenvalue weighted by Gasteiger charge is -2.33. The summed E-state index contributed by atoms with van der Waals surface area (Å²) >= 11 is 0. The number of methoxy groups -OCH3 is 1. The van der Waals surface area contributed by atoms with Crippen molar-refractivity contribution in [2.24, 2.45) is 0 Å². The Bertz CT molecular complexity index is 1320. The maximum absolute atomic E-state index is 14.0. The van der Waals surface area contributed by atoms with Gasteiger partial charge in [0, 0.05) is 19.5 Å². The molecule has 0 aliphatic heterocycles. The number of rotatable bonds is 14. The van der Waals surface area contributed by atoms with Gasteiger partial charge in [-0.05, 0) is 41.8 Å². The lowest BCUT2D eigenvalue weighted by molar-refractivity contribution is -0.140. The predicted molar refractivity (Wildman–Crippen MR) is 154 cm³/mol. The summed E-state index contributed by atoms with van der Waals surface area (Å²) in [6.07, 6.45) is 3.07. The molecule has 1 atom stereocenters. The van der Waals surface area contributed by atoms with Crippen LogP contribution >= 0.6 is 0 Å². The van der Waals surface area contributed by atoms with Crippen molar-refractivity contribution in [2.75, 3.05) is 30.8 Å². The third-order valence-electron chi connectivity index (χ3n) is 6.31. The predicted octanol–water partition coefficient (Wildman–Crippen LogP) is 4.02. The molecular formula is C30H37N3O5S. The van der Waals surface area contributed by atoms with Crippen molar-refractivity contribution in [3.05, 3.63) is 96.1 Å². The van der Waals surface area contributed by atoms with Crippen molar-refractivity contribution in [1.29, 1.82) is 0 Å². The first kappa shape index (κ1) is 29.7. The molecule has 3 aromatic rings. The van der Waals surface area contributed by atoms with E-state index in [-0.39, 0.29) is 18.9 Å². The van der Waals surface area contributed by atoms with E-state index < -0.39 is 28.5 Å². The number of para-hydroxylation sites is 1. The third kappa shape index (κ3) is 8.85. The van der Waals surface area contributed by atoms with Crippen molar-refractivity contribution in [3.63, 3.8) is 0 Å². The van der Waals surface area contributed by atoms with Crippen LogP contribution in [0.5, 0.6) is 5.75 Å². The summed E-state index contributed by atoms with van der Waals surface area (Å²) in [5, 5.41) is 2.97. The molecule has 9 heteroatoms. The molecule has 0 fully saturated rings. The van der Waals surface area contributed by atoms with Crippen LogP contribution in [-0.4, -0.2) is 57.6 Å². The van der Waals surface area contributed by atoms with E-state index in [1.165, 1.54) is 4.90 Å². The van der Waals surface area contributed by atoms with Gasteiger partial charge in [0.1, 0.15) is 18.3 Å². The SMILES string of the molecule is CCCCNC(=O)[C@H](Cc1ccccc1)N(Cc1cccc(OC)c1)C(=O)CN(c1ccccc1)S(C)(=O)=O. The van der Waals surface area contributed by atoms with E-state index >= 15 is 0 Å². The molecule has 208 valence electrons. The smallest absolute Gasteiger partial charge is 0.244 e. The Morgan fingerprint density at radius 3 is 2.18 bits per heavy atom. The van der Waals surface area contributed by atoms with Gasteiger partial charge in [0.2, 0.25) is 21.8 Å². The summed E-state index contributed by atoms with van der Waals surface area (Å²) in [7, 11) is -2.23. The molecule has 0 aromatic heterocycles. The summed E-state index contributed by atoms with van der Waals surface area (Å²) in [5.74, 6) is -0.151. The van der Waals surface area contributed by atoms with E-state index in [0.29, 0.717) is 18.0 Å². The van der Waals surface area contributed by atoms with Crippen LogP contribution in [0.4, 0.5) is 5.69 Å². The highest BCUT2D eigenvalue weighted by Crippen LogP contribution is 2.21. The van der Waals surface area contributed by atoms with Crippen LogP contribution in [0, 0.1) is 0 Å². The minimum absolute atomic E-state index is 0.0983. The van der Waals surface area contributed by atoms with Crippen molar-refractivity contribution >= 4 is 27.5 Å². The number of sulfonamides is 1. The van der Waals surface area contributed by atoms with E-state index in [4.69, 9.17) is 4.74 Å². The van der Waals surface area contributed by atoms with Crippen molar-refractivity contribution in [2.45, 2.75) is 38.8 Å². The quantitative estimate of drug-likeness (QED) is 0.306. The van der Waals surface area contributed by atoms with Gasteiger partial charge in [0.15, 0.2) is 0 Å². The number of hydrogen-bond donors (Lipinski definition) is 1. The molecule has 0 radical (unpaired) electrons. The summed E-state index contributed by atoms with van der Waals surface area (Å²) in [5.41, 5.74) is 2.02. The Hall–Kier alpha value is -3.85. The van der Waals surface area contributed by atoms with Gasteiger partial charge in [0.05, 0.1) is 19.1 Å². The molecular weight excluding hydrogens is 514 g/mol. The van der Waals surface area contributed by atoms with Gasteiger partial charge in [-0.25, -0.2) is 8.42 Å². The Balaban J connectivity index is 2.03. The zero-order valence-corrected chi connectivity index (χ0v) is 23.6. The molecule has 0 saturated carbocycles. The van der Waals surface area contributed by atoms with E-state index in [0.717, 1.165) is 34.5 Å². The normalized spacial score (nSPS) is 11.9. The van der Waals surface area contributed by atoms with E-state index in [1.54, 1.807) is 49.6 Å². The van der Waals surface area contributed by atoms with Crippen LogP contribution in [-0.2, 0) is 32.6 Å². The maximum atomic E-state index is 14.0. The van der Waals surface area contributed by atoms with Crippen LogP contribution < -0.4 is 14.4 Å². The third-order valence-corrected chi connectivity index (χ3v) is 7.45. The lowest BCUT2D eigenvalue weighted by Crippen LogP contribution is -2.53. The number of nitrogens with one attached hydrogen (secondary N) is 1. The molecule has 3 rings (SSSR count). The van der Waals surface area contributed by atoms with Gasteiger partial charge in [-0.15, -0.1) is 0 Å². The van der Waals surface area contributed by atoms with Crippen LogP contribution in [0.25, 0.3) is 0 Å². The molecule has 0 unspecified atom stereocenters. The number of hydrogen-bond acceptors (Lipinski definition) is 5. The zero-order chi connectivity index (χ0) is 28.3. The highest BCUT2D eigenvalue weighted by atomic mass is 32.2. The first-order chi connectivity index (χ1) is 18.7. The number of amides is 2. The number of ether oxygens (including phenoxy) is 1. The van der Waals surface area contributed by atoms with Gasteiger partial charge in [-0.2, -0.15) is 0 Å². The number of benzene rings is 3.